The zero-order valence-corrected chi connectivity index (χ0v) is 22.4. The molecule has 200 valence electrons. The fourth-order valence-corrected chi connectivity index (χ4v) is 5.47. The zero-order valence-electron chi connectivity index (χ0n) is 22.4. The number of unbranched alkanes of at least 4 members (excludes halogenated alkanes) is 2. The van der Waals surface area contributed by atoms with Gasteiger partial charge in [-0.25, -0.2) is 0 Å². The molecule has 7 heteroatoms. The van der Waals surface area contributed by atoms with E-state index in [2.05, 4.69) is 49.5 Å². The van der Waals surface area contributed by atoms with Gasteiger partial charge in [0, 0.05) is 25.6 Å². The van der Waals surface area contributed by atoms with E-state index in [1.165, 1.54) is 5.56 Å². The lowest BCUT2D eigenvalue weighted by Gasteiger charge is -2.48. The fourth-order valence-electron chi connectivity index (χ4n) is 5.47. The van der Waals surface area contributed by atoms with E-state index >= 15 is 0 Å². The smallest absolute Gasteiger partial charge is 0.173 e. The van der Waals surface area contributed by atoms with E-state index in [1.54, 1.807) is 7.11 Å². The van der Waals surface area contributed by atoms with Crippen molar-refractivity contribution < 1.29 is 28.8 Å². The Morgan fingerprint density at radius 3 is 2.34 bits per heavy atom. The van der Waals surface area contributed by atoms with Crippen molar-refractivity contribution in [1.82, 2.24) is 5.32 Å². The van der Waals surface area contributed by atoms with Crippen LogP contribution in [0.2, 0.25) is 0 Å². The minimum atomic E-state index is -0.674. The van der Waals surface area contributed by atoms with Gasteiger partial charge in [0.05, 0.1) is 30.5 Å². The third-order valence-corrected chi connectivity index (χ3v) is 7.70. The first-order valence-corrected chi connectivity index (χ1v) is 13.4. The summed E-state index contributed by atoms with van der Waals surface area (Å²) in [5, 5.41) is 13.8. The SMILES string of the molecule is CCC1O[C@@H](OCCCCCc2ccccc2)C(NC)[C@@H](C)[C@@H]1O[C@@H]1OC(C)[C@@H](O)C(OC)[C@@H]1C. The van der Waals surface area contributed by atoms with Crippen molar-refractivity contribution in [3.63, 3.8) is 0 Å². The largest absolute Gasteiger partial charge is 0.388 e. The number of benzene rings is 1. The Balaban J connectivity index is 1.52. The number of hydrogen-bond donors (Lipinski definition) is 2. The number of aliphatic hydroxyl groups is 1. The Morgan fingerprint density at radius 1 is 0.943 bits per heavy atom. The second-order valence-electron chi connectivity index (χ2n) is 10.2. The van der Waals surface area contributed by atoms with Crippen molar-refractivity contribution in [2.45, 2.75) is 109 Å². The van der Waals surface area contributed by atoms with Crippen molar-refractivity contribution in [3.05, 3.63) is 35.9 Å². The van der Waals surface area contributed by atoms with Gasteiger partial charge >= 0.3 is 0 Å². The number of aliphatic hydroxyl groups excluding tert-OH is 1. The van der Waals surface area contributed by atoms with Gasteiger partial charge in [0.25, 0.3) is 0 Å². The molecule has 0 bridgehead atoms. The number of rotatable bonds is 12. The first kappa shape index (κ1) is 28.5. The number of methoxy groups -OCH3 is 1. The molecule has 4 unspecified atom stereocenters. The van der Waals surface area contributed by atoms with Crippen molar-refractivity contribution in [1.29, 1.82) is 0 Å². The Morgan fingerprint density at radius 2 is 1.69 bits per heavy atom. The van der Waals surface area contributed by atoms with E-state index < -0.39 is 12.4 Å². The first-order valence-electron chi connectivity index (χ1n) is 13.4. The Kier molecular flexibility index (Phi) is 11.4. The van der Waals surface area contributed by atoms with Crippen LogP contribution in [-0.2, 0) is 30.1 Å². The van der Waals surface area contributed by atoms with Crippen LogP contribution >= 0.6 is 0 Å². The zero-order chi connectivity index (χ0) is 25.4. The third kappa shape index (κ3) is 7.25. The molecule has 0 aliphatic carbocycles. The Hall–Kier alpha value is -1.06. The molecule has 3 rings (SSSR count). The minimum Gasteiger partial charge on any atom is -0.388 e. The molecule has 2 saturated heterocycles. The topological polar surface area (TPSA) is 78.4 Å². The standard InChI is InChI=1S/C28H47NO6/c1-7-22-25(35-27-19(3)26(31-6)24(30)20(4)33-27)18(2)23(29-5)28(34-22)32-17-13-9-12-16-21-14-10-8-11-15-21/h8,10-11,14-15,18-20,22-30H,7,9,12-13,16-17H2,1-6H3/t18-,19+,20?,22?,23?,24-,25+,26?,27+,28-/m1/s1. The molecule has 0 spiro atoms. The number of nitrogens with one attached hydrogen (secondary N) is 1. The average Bonchev–Trinajstić information content (AvgIpc) is 2.86. The van der Waals surface area contributed by atoms with Crippen LogP contribution in [0.4, 0.5) is 0 Å². The monoisotopic (exact) mass is 493 g/mol. The van der Waals surface area contributed by atoms with E-state index in [4.69, 9.17) is 23.7 Å². The number of likely N-dealkylation sites (N-methyl/N-ethyl adjacent to an activating group) is 1. The van der Waals surface area contributed by atoms with E-state index in [0.29, 0.717) is 6.61 Å². The molecular formula is C28H47NO6. The number of hydrogen-bond acceptors (Lipinski definition) is 7. The van der Waals surface area contributed by atoms with Crippen LogP contribution in [0.5, 0.6) is 0 Å². The van der Waals surface area contributed by atoms with Gasteiger partial charge in [0.2, 0.25) is 0 Å². The predicted octanol–water partition coefficient (Wildman–Crippen LogP) is 3.92. The molecule has 2 fully saturated rings. The van der Waals surface area contributed by atoms with E-state index in [9.17, 15) is 5.11 Å². The molecule has 2 aliphatic rings. The molecule has 2 N–H and O–H groups in total. The summed E-state index contributed by atoms with van der Waals surface area (Å²) < 4.78 is 30.9. The lowest BCUT2D eigenvalue weighted by Crippen LogP contribution is -2.61. The molecule has 1 aromatic carbocycles. The van der Waals surface area contributed by atoms with Gasteiger partial charge in [-0.05, 0) is 45.2 Å². The van der Waals surface area contributed by atoms with Crippen molar-refractivity contribution in [2.75, 3.05) is 20.8 Å². The lowest BCUT2D eigenvalue weighted by molar-refractivity contribution is -0.327. The normalized spacial score (nSPS) is 37.9. The molecule has 1 aromatic rings. The van der Waals surface area contributed by atoms with Crippen LogP contribution in [0.15, 0.2) is 30.3 Å². The molecule has 0 radical (unpaired) electrons. The summed E-state index contributed by atoms with van der Waals surface area (Å²) in [5.41, 5.74) is 1.39. The minimum absolute atomic E-state index is 0.00671. The van der Waals surface area contributed by atoms with E-state index in [0.717, 1.165) is 32.1 Å². The lowest BCUT2D eigenvalue weighted by atomic mass is 9.86. The highest BCUT2D eigenvalue weighted by molar-refractivity contribution is 5.14. The summed E-state index contributed by atoms with van der Waals surface area (Å²) in [7, 11) is 3.57. The summed E-state index contributed by atoms with van der Waals surface area (Å²) in [4.78, 5) is 0. The summed E-state index contributed by atoms with van der Waals surface area (Å²) in [6.07, 6.45) is 2.82. The second-order valence-corrected chi connectivity index (χ2v) is 10.2. The van der Waals surface area contributed by atoms with Gasteiger partial charge in [0.15, 0.2) is 12.6 Å². The maximum absolute atomic E-state index is 10.4. The van der Waals surface area contributed by atoms with Gasteiger partial charge in [-0.1, -0.05) is 57.5 Å². The van der Waals surface area contributed by atoms with Crippen LogP contribution in [-0.4, -0.2) is 75.0 Å². The molecule has 35 heavy (non-hydrogen) atoms. The highest BCUT2D eigenvalue weighted by Crippen LogP contribution is 2.35. The van der Waals surface area contributed by atoms with Crippen LogP contribution in [0.3, 0.4) is 0 Å². The van der Waals surface area contributed by atoms with E-state index in [1.807, 2.05) is 20.9 Å². The van der Waals surface area contributed by atoms with Gasteiger partial charge < -0.3 is 34.1 Å². The van der Waals surface area contributed by atoms with Gasteiger partial charge in [-0.2, -0.15) is 0 Å². The van der Waals surface area contributed by atoms with Crippen LogP contribution in [0, 0.1) is 11.8 Å². The highest BCUT2D eigenvalue weighted by atomic mass is 16.7. The summed E-state index contributed by atoms with van der Waals surface area (Å²) in [6.45, 7) is 8.84. The highest BCUT2D eigenvalue weighted by Gasteiger charge is 2.48. The van der Waals surface area contributed by atoms with Crippen LogP contribution in [0.25, 0.3) is 0 Å². The molecule has 0 amide bonds. The maximum atomic E-state index is 10.4. The Labute approximate surface area is 211 Å². The number of aryl methyl sites for hydroxylation is 1. The molecule has 10 atom stereocenters. The summed E-state index contributed by atoms with van der Waals surface area (Å²) in [5.74, 6) is 0.0505. The number of ether oxygens (including phenoxy) is 5. The molecule has 7 nitrogen and oxygen atoms in total. The second kappa shape index (κ2) is 14.0. The molecule has 0 aromatic heterocycles. The van der Waals surface area contributed by atoms with Crippen LogP contribution in [0.1, 0.15) is 58.9 Å². The van der Waals surface area contributed by atoms with Gasteiger partial charge in [-0.15, -0.1) is 0 Å². The van der Waals surface area contributed by atoms with Crippen molar-refractivity contribution in [3.8, 4) is 0 Å². The van der Waals surface area contributed by atoms with Gasteiger partial charge in [-0.3, -0.25) is 0 Å². The quantitative estimate of drug-likeness (QED) is 0.427. The van der Waals surface area contributed by atoms with Crippen molar-refractivity contribution in [2.24, 2.45) is 11.8 Å². The Bertz CT molecular complexity index is 721. The third-order valence-electron chi connectivity index (χ3n) is 7.70. The first-order chi connectivity index (χ1) is 16.9. The molecule has 2 aliphatic heterocycles. The molecule has 2 heterocycles. The fraction of sp³-hybridized carbons (Fsp3) is 0.786. The summed E-state index contributed by atoms with van der Waals surface area (Å²) >= 11 is 0. The van der Waals surface area contributed by atoms with Crippen LogP contribution < -0.4 is 5.32 Å². The molecule has 0 saturated carbocycles. The average molecular weight is 494 g/mol. The maximum Gasteiger partial charge on any atom is 0.173 e. The predicted molar refractivity (Wildman–Crippen MR) is 136 cm³/mol. The van der Waals surface area contributed by atoms with E-state index in [-0.39, 0.29) is 48.6 Å². The molecular weight excluding hydrogens is 446 g/mol. The summed E-state index contributed by atoms with van der Waals surface area (Å²) in [6, 6.07) is 10.6. The van der Waals surface area contributed by atoms with Crippen molar-refractivity contribution >= 4 is 0 Å². The van der Waals surface area contributed by atoms with Gasteiger partial charge in [0.1, 0.15) is 6.10 Å².